The van der Waals surface area contributed by atoms with Crippen LogP contribution in [0.1, 0.15) is 53.4 Å². The molecule has 7 N–H and O–H groups in total. The van der Waals surface area contributed by atoms with Crippen LogP contribution in [-0.2, 0) is 18.9 Å². The van der Waals surface area contributed by atoms with E-state index in [4.69, 9.17) is 18.9 Å². The Kier molecular flexibility index (Phi) is 9.59. The first kappa shape index (κ1) is 29.1. The van der Waals surface area contributed by atoms with Crippen LogP contribution in [-0.4, -0.2) is 116 Å². The van der Waals surface area contributed by atoms with E-state index < -0.39 is 55.3 Å². The standard InChI is InChI=1S/C24H44O11/c1-12-7-14(26)8-23(3,4)15(12)6-5-13(2)34-21-19(29)18(28)17(27)16(35-21)9-32-22-20(30)24(31,10-25)11-33-22/h12-22,25-31H,5-11H2,1-4H3/t12-,13-,14+,15+,16-,17-,18+,19-,20+,21-,22-,24-/m1/s1. The molecule has 11 heteroatoms. The summed E-state index contributed by atoms with van der Waals surface area (Å²) >= 11 is 0. The highest BCUT2D eigenvalue weighted by Gasteiger charge is 2.50. The molecule has 35 heavy (non-hydrogen) atoms. The second kappa shape index (κ2) is 11.5. The van der Waals surface area contributed by atoms with Crippen LogP contribution in [0.4, 0.5) is 0 Å². The highest BCUT2D eigenvalue weighted by Crippen LogP contribution is 2.46. The van der Waals surface area contributed by atoms with Crippen molar-refractivity contribution >= 4 is 0 Å². The van der Waals surface area contributed by atoms with Crippen LogP contribution in [0.3, 0.4) is 0 Å². The Morgan fingerprint density at radius 1 is 1.03 bits per heavy atom. The van der Waals surface area contributed by atoms with Gasteiger partial charge in [-0.3, -0.25) is 0 Å². The molecule has 2 aliphatic heterocycles. The monoisotopic (exact) mass is 508 g/mol. The van der Waals surface area contributed by atoms with Crippen LogP contribution in [0.2, 0.25) is 0 Å². The van der Waals surface area contributed by atoms with Crippen molar-refractivity contribution in [3.63, 3.8) is 0 Å². The molecule has 11 nitrogen and oxygen atoms in total. The van der Waals surface area contributed by atoms with Crippen molar-refractivity contribution < 1.29 is 54.7 Å². The Labute approximate surface area is 206 Å². The third kappa shape index (κ3) is 6.53. The van der Waals surface area contributed by atoms with Gasteiger partial charge in [0.1, 0.15) is 36.1 Å². The van der Waals surface area contributed by atoms with E-state index in [1.807, 2.05) is 6.92 Å². The van der Waals surface area contributed by atoms with Gasteiger partial charge in [0.05, 0.1) is 32.0 Å². The molecule has 3 fully saturated rings. The molecule has 0 amide bonds. The fraction of sp³-hybridized carbons (Fsp3) is 1.00. The number of hydrogen-bond acceptors (Lipinski definition) is 11. The van der Waals surface area contributed by atoms with Crippen molar-refractivity contribution in [1.29, 1.82) is 0 Å². The zero-order valence-corrected chi connectivity index (χ0v) is 21.1. The van der Waals surface area contributed by atoms with Gasteiger partial charge in [-0.25, -0.2) is 0 Å². The van der Waals surface area contributed by atoms with Crippen LogP contribution < -0.4 is 0 Å². The minimum atomic E-state index is -1.85. The minimum absolute atomic E-state index is 0.00451. The first-order valence-corrected chi connectivity index (χ1v) is 12.6. The molecule has 0 unspecified atom stereocenters. The molecule has 206 valence electrons. The first-order chi connectivity index (χ1) is 16.3. The van der Waals surface area contributed by atoms with E-state index in [1.54, 1.807) is 0 Å². The summed E-state index contributed by atoms with van der Waals surface area (Å²) in [5.74, 6) is 0.769. The quantitative estimate of drug-likeness (QED) is 0.200. The van der Waals surface area contributed by atoms with Gasteiger partial charge in [-0.15, -0.1) is 0 Å². The Hall–Kier alpha value is -0.440. The molecule has 3 aliphatic rings. The summed E-state index contributed by atoms with van der Waals surface area (Å²) in [6, 6.07) is 0. The van der Waals surface area contributed by atoms with E-state index in [2.05, 4.69) is 20.8 Å². The van der Waals surface area contributed by atoms with Crippen LogP contribution >= 0.6 is 0 Å². The Bertz CT molecular complexity index is 678. The summed E-state index contributed by atoms with van der Waals surface area (Å²) in [6.07, 6.45) is -7.09. The van der Waals surface area contributed by atoms with E-state index in [0.717, 1.165) is 19.3 Å². The van der Waals surface area contributed by atoms with Crippen LogP contribution in [0.5, 0.6) is 0 Å². The van der Waals surface area contributed by atoms with Gasteiger partial charge < -0.3 is 54.7 Å². The molecule has 3 rings (SSSR count). The second-order valence-electron chi connectivity index (χ2n) is 11.4. The van der Waals surface area contributed by atoms with Crippen LogP contribution in [0.15, 0.2) is 0 Å². The van der Waals surface area contributed by atoms with E-state index in [0.29, 0.717) is 18.3 Å². The molecule has 0 aromatic rings. The summed E-state index contributed by atoms with van der Waals surface area (Å²) in [4.78, 5) is 0. The van der Waals surface area contributed by atoms with E-state index in [9.17, 15) is 35.7 Å². The van der Waals surface area contributed by atoms with Gasteiger partial charge in [0.25, 0.3) is 0 Å². The van der Waals surface area contributed by atoms with Gasteiger partial charge in [0, 0.05) is 0 Å². The second-order valence-corrected chi connectivity index (χ2v) is 11.4. The molecule has 1 aliphatic carbocycles. The number of ether oxygens (including phenoxy) is 4. The zero-order chi connectivity index (χ0) is 26.1. The number of rotatable bonds is 9. The van der Waals surface area contributed by atoms with Crippen LogP contribution in [0, 0.1) is 17.3 Å². The van der Waals surface area contributed by atoms with Crippen molar-refractivity contribution in [3.8, 4) is 0 Å². The largest absolute Gasteiger partial charge is 0.393 e. The first-order valence-electron chi connectivity index (χ1n) is 12.6. The average Bonchev–Trinajstić information content (AvgIpc) is 3.06. The Morgan fingerprint density at radius 3 is 2.31 bits per heavy atom. The predicted octanol–water partition coefficient (Wildman–Crippen LogP) is -1.13. The Balaban J connectivity index is 1.53. The molecular formula is C24H44O11. The van der Waals surface area contributed by atoms with Crippen molar-refractivity contribution in [2.75, 3.05) is 19.8 Å². The van der Waals surface area contributed by atoms with Crippen molar-refractivity contribution in [3.05, 3.63) is 0 Å². The van der Waals surface area contributed by atoms with E-state index in [1.165, 1.54) is 0 Å². The topological polar surface area (TPSA) is 179 Å². The van der Waals surface area contributed by atoms with Gasteiger partial charge >= 0.3 is 0 Å². The fourth-order valence-electron chi connectivity index (χ4n) is 5.88. The normalized spacial score (nSPS) is 47.1. The highest BCUT2D eigenvalue weighted by atomic mass is 16.7. The van der Waals surface area contributed by atoms with E-state index in [-0.39, 0.29) is 30.8 Å². The number of aliphatic hydroxyl groups is 7. The average molecular weight is 509 g/mol. The molecule has 0 radical (unpaired) electrons. The maximum atomic E-state index is 10.4. The summed E-state index contributed by atoms with van der Waals surface area (Å²) in [7, 11) is 0. The van der Waals surface area contributed by atoms with Gasteiger partial charge in [0.2, 0.25) is 0 Å². The summed E-state index contributed by atoms with van der Waals surface area (Å²) < 4.78 is 22.2. The van der Waals surface area contributed by atoms with Crippen LogP contribution in [0.25, 0.3) is 0 Å². The minimum Gasteiger partial charge on any atom is -0.393 e. The molecule has 1 saturated carbocycles. The molecule has 0 aromatic heterocycles. The smallest absolute Gasteiger partial charge is 0.186 e. The zero-order valence-electron chi connectivity index (χ0n) is 21.1. The van der Waals surface area contributed by atoms with Gasteiger partial charge in [-0.1, -0.05) is 20.8 Å². The van der Waals surface area contributed by atoms with Gasteiger partial charge in [-0.05, 0) is 49.9 Å². The van der Waals surface area contributed by atoms with Crippen molar-refractivity contribution in [1.82, 2.24) is 0 Å². The van der Waals surface area contributed by atoms with Crippen molar-refractivity contribution in [2.45, 2.75) is 114 Å². The Morgan fingerprint density at radius 2 is 1.71 bits per heavy atom. The molecule has 0 spiro atoms. The SMILES string of the molecule is C[C@H](CC[C@H]1[C@H](C)C[C@H](O)CC1(C)C)O[C@@H]1O[C@H](CO[C@@H]2OC[C@](O)(CO)[C@H]2O)[C@@H](O)[C@H](O)[C@H]1O. The lowest BCUT2D eigenvalue weighted by molar-refractivity contribution is -0.318. The van der Waals surface area contributed by atoms with E-state index >= 15 is 0 Å². The predicted molar refractivity (Wildman–Crippen MR) is 122 cm³/mol. The maximum absolute atomic E-state index is 10.4. The molecule has 12 atom stereocenters. The lowest BCUT2D eigenvalue weighted by atomic mass is 9.61. The maximum Gasteiger partial charge on any atom is 0.186 e. The van der Waals surface area contributed by atoms with Crippen molar-refractivity contribution in [2.24, 2.45) is 17.3 Å². The third-order valence-electron chi connectivity index (χ3n) is 8.02. The summed E-state index contributed by atoms with van der Waals surface area (Å²) in [6.45, 7) is 6.99. The molecule has 2 saturated heterocycles. The third-order valence-corrected chi connectivity index (χ3v) is 8.02. The summed E-state index contributed by atoms with van der Waals surface area (Å²) in [5.41, 5.74) is -1.86. The molecule has 2 heterocycles. The summed E-state index contributed by atoms with van der Waals surface area (Å²) in [5, 5.41) is 70.6. The molecule has 0 aromatic carbocycles. The van der Waals surface area contributed by atoms with Gasteiger partial charge in [-0.2, -0.15) is 0 Å². The number of aliphatic hydroxyl groups excluding tert-OH is 6. The highest BCUT2D eigenvalue weighted by molar-refractivity contribution is 4.95. The fourth-order valence-corrected chi connectivity index (χ4v) is 5.88. The molecular weight excluding hydrogens is 464 g/mol. The molecule has 0 bridgehead atoms. The number of hydrogen-bond donors (Lipinski definition) is 7. The lowest BCUT2D eigenvalue weighted by Gasteiger charge is -2.45. The lowest BCUT2D eigenvalue weighted by Crippen LogP contribution is -2.60. The van der Waals surface area contributed by atoms with Gasteiger partial charge in [0.15, 0.2) is 12.6 Å².